The minimum atomic E-state index is -0.869. The minimum absolute atomic E-state index is 0. The molecule has 0 spiro atoms. The van der Waals surface area contributed by atoms with Crippen LogP contribution in [0.25, 0.3) is 0 Å². The molecular formula is C9H11NNiO2. The molecule has 13 heavy (non-hydrogen) atoms. The van der Waals surface area contributed by atoms with E-state index in [1.807, 2.05) is 30.3 Å². The first-order chi connectivity index (χ1) is 5.70. The molecule has 0 unspecified atom stereocenters. The number of carboxylic acids is 1. The second-order valence-corrected chi connectivity index (χ2v) is 2.62. The fraction of sp³-hybridized carbons (Fsp3) is 0.222. The van der Waals surface area contributed by atoms with Crippen molar-refractivity contribution in [3.63, 3.8) is 0 Å². The van der Waals surface area contributed by atoms with E-state index in [-0.39, 0.29) is 22.9 Å². The molecule has 74 valence electrons. The maximum absolute atomic E-state index is 10.3. The number of hydrogen-bond acceptors (Lipinski definition) is 2. The van der Waals surface area contributed by atoms with Gasteiger partial charge in [-0.15, -0.1) is 0 Å². The van der Waals surface area contributed by atoms with Gasteiger partial charge in [-0.1, -0.05) is 30.3 Å². The first-order valence-electron chi connectivity index (χ1n) is 3.72. The molecule has 0 aliphatic rings. The molecular weight excluding hydrogens is 213 g/mol. The van der Waals surface area contributed by atoms with Crippen LogP contribution in [0.4, 0.5) is 0 Å². The number of rotatable bonds is 3. The van der Waals surface area contributed by atoms with Crippen molar-refractivity contribution < 1.29 is 26.4 Å². The van der Waals surface area contributed by atoms with E-state index in [2.05, 4.69) is 0 Å². The van der Waals surface area contributed by atoms with Crippen LogP contribution >= 0.6 is 0 Å². The molecule has 0 saturated carbocycles. The van der Waals surface area contributed by atoms with Crippen LogP contribution in [0.1, 0.15) is 18.0 Å². The van der Waals surface area contributed by atoms with E-state index in [1.54, 1.807) is 0 Å². The van der Waals surface area contributed by atoms with E-state index >= 15 is 0 Å². The average molecular weight is 224 g/mol. The summed E-state index contributed by atoms with van der Waals surface area (Å²) in [5.41, 5.74) is 6.48. The molecule has 1 rings (SSSR count). The first kappa shape index (κ1) is 12.1. The smallest absolute Gasteiger partial charge is 0.305 e. The number of hydrogen-bond donors (Lipinski definition) is 2. The summed E-state index contributed by atoms with van der Waals surface area (Å²) in [4.78, 5) is 10.3. The molecule has 3 N–H and O–H groups in total. The molecule has 0 fully saturated rings. The fourth-order valence-corrected chi connectivity index (χ4v) is 1.01. The monoisotopic (exact) mass is 223 g/mol. The Bertz CT molecular complexity index is 264. The Hall–Kier alpha value is -0.856. The molecule has 0 heterocycles. The van der Waals surface area contributed by atoms with Crippen molar-refractivity contribution in [2.75, 3.05) is 0 Å². The van der Waals surface area contributed by atoms with E-state index in [9.17, 15) is 4.79 Å². The Morgan fingerprint density at radius 2 is 1.92 bits per heavy atom. The summed E-state index contributed by atoms with van der Waals surface area (Å²) in [6.07, 6.45) is -0.0238. The Kier molecular flexibility index (Phi) is 5.35. The van der Waals surface area contributed by atoms with Crippen LogP contribution in [0, 0.1) is 0 Å². The number of nitrogens with two attached hydrogens (primary N) is 1. The number of carbonyl (C=O) groups is 1. The quantitative estimate of drug-likeness (QED) is 0.757. The van der Waals surface area contributed by atoms with Crippen LogP contribution in [-0.4, -0.2) is 11.1 Å². The van der Waals surface area contributed by atoms with Crippen LogP contribution in [0.15, 0.2) is 30.3 Å². The standard InChI is InChI=1S/C9H11NO2.Ni/c10-8(6-9(11)12)7-4-2-1-3-5-7;/h1-5,8H,6,10H2,(H,11,12);/t8-;/m0./s1. The van der Waals surface area contributed by atoms with Gasteiger partial charge in [0.2, 0.25) is 0 Å². The molecule has 0 radical (unpaired) electrons. The van der Waals surface area contributed by atoms with Crippen LogP contribution in [-0.2, 0) is 21.3 Å². The van der Waals surface area contributed by atoms with Crippen LogP contribution < -0.4 is 5.73 Å². The van der Waals surface area contributed by atoms with Gasteiger partial charge in [0.05, 0.1) is 6.42 Å². The van der Waals surface area contributed by atoms with Crippen molar-refractivity contribution in [3.8, 4) is 0 Å². The van der Waals surface area contributed by atoms with Gasteiger partial charge < -0.3 is 10.8 Å². The van der Waals surface area contributed by atoms with Crippen LogP contribution in [0.3, 0.4) is 0 Å². The van der Waals surface area contributed by atoms with Crippen molar-refractivity contribution in [2.24, 2.45) is 5.73 Å². The second kappa shape index (κ2) is 5.73. The Labute approximate surface area is 86.9 Å². The van der Waals surface area contributed by atoms with Gasteiger partial charge in [-0.25, -0.2) is 0 Å². The zero-order chi connectivity index (χ0) is 8.97. The number of aliphatic carboxylic acids is 1. The molecule has 0 saturated heterocycles. The third kappa shape index (κ3) is 4.06. The van der Waals surface area contributed by atoms with Crippen molar-refractivity contribution >= 4 is 5.97 Å². The number of carboxylic acid groups (broad SMARTS) is 1. The summed E-state index contributed by atoms with van der Waals surface area (Å²) >= 11 is 0. The molecule has 4 heteroatoms. The van der Waals surface area contributed by atoms with Crippen molar-refractivity contribution in [1.82, 2.24) is 0 Å². The van der Waals surface area contributed by atoms with Crippen LogP contribution in [0.2, 0.25) is 0 Å². The van der Waals surface area contributed by atoms with Gasteiger partial charge in [-0.05, 0) is 5.56 Å². The molecule has 0 aromatic heterocycles. The predicted molar refractivity (Wildman–Crippen MR) is 45.6 cm³/mol. The van der Waals surface area contributed by atoms with Gasteiger partial charge in [0.15, 0.2) is 0 Å². The van der Waals surface area contributed by atoms with Gasteiger partial charge in [0.25, 0.3) is 0 Å². The van der Waals surface area contributed by atoms with E-state index < -0.39 is 12.0 Å². The summed E-state index contributed by atoms with van der Waals surface area (Å²) in [5.74, 6) is -0.869. The summed E-state index contributed by atoms with van der Waals surface area (Å²) in [7, 11) is 0. The Balaban J connectivity index is 0.00000144. The van der Waals surface area contributed by atoms with E-state index in [0.29, 0.717) is 0 Å². The van der Waals surface area contributed by atoms with Crippen molar-refractivity contribution in [1.29, 1.82) is 0 Å². The molecule has 1 atom stereocenters. The average Bonchev–Trinajstić information content (AvgIpc) is 2.05. The Morgan fingerprint density at radius 1 is 1.38 bits per heavy atom. The van der Waals surface area contributed by atoms with E-state index in [1.165, 1.54) is 0 Å². The molecule has 1 aromatic carbocycles. The molecule has 3 nitrogen and oxygen atoms in total. The van der Waals surface area contributed by atoms with Crippen LogP contribution in [0.5, 0.6) is 0 Å². The molecule has 0 aliphatic heterocycles. The van der Waals surface area contributed by atoms with Gasteiger partial charge in [0.1, 0.15) is 0 Å². The van der Waals surface area contributed by atoms with Crippen molar-refractivity contribution in [3.05, 3.63) is 35.9 Å². The largest absolute Gasteiger partial charge is 0.481 e. The first-order valence-corrected chi connectivity index (χ1v) is 3.72. The van der Waals surface area contributed by atoms with Gasteiger partial charge >= 0.3 is 5.97 Å². The predicted octanol–water partition coefficient (Wildman–Crippen LogP) is 1.16. The van der Waals surface area contributed by atoms with E-state index in [4.69, 9.17) is 10.8 Å². The molecule has 1 aromatic rings. The third-order valence-corrected chi connectivity index (χ3v) is 1.62. The van der Waals surface area contributed by atoms with Gasteiger partial charge in [-0.3, -0.25) is 4.79 Å². The van der Waals surface area contributed by atoms with Gasteiger partial charge in [-0.2, -0.15) is 0 Å². The molecule has 0 amide bonds. The normalized spacial score (nSPS) is 11.5. The molecule has 0 bridgehead atoms. The minimum Gasteiger partial charge on any atom is -0.481 e. The fourth-order valence-electron chi connectivity index (χ4n) is 1.01. The zero-order valence-corrected chi connectivity index (χ0v) is 7.91. The topological polar surface area (TPSA) is 63.3 Å². The summed E-state index contributed by atoms with van der Waals surface area (Å²) < 4.78 is 0. The maximum Gasteiger partial charge on any atom is 0.305 e. The maximum atomic E-state index is 10.3. The Morgan fingerprint density at radius 3 is 2.38 bits per heavy atom. The SMILES string of the molecule is N[C@@H](CC(=O)O)c1ccccc1.[Ni]. The summed E-state index contributed by atoms with van der Waals surface area (Å²) in [6.45, 7) is 0. The third-order valence-electron chi connectivity index (χ3n) is 1.62. The number of benzene rings is 1. The van der Waals surface area contributed by atoms with Gasteiger partial charge in [0, 0.05) is 22.5 Å². The summed E-state index contributed by atoms with van der Waals surface area (Å²) in [6, 6.07) is 8.82. The van der Waals surface area contributed by atoms with E-state index in [0.717, 1.165) is 5.56 Å². The zero-order valence-electron chi connectivity index (χ0n) is 6.92. The second-order valence-electron chi connectivity index (χ2n) is 2.62. The molecule has 0 aliphatic carbocycles. The summed E-state index contributed by atoms with van der Waals surface area (Å²) in [5, 5.41) is 8.47. The van der Waals surface area contributed by atoms with Crippen molar-refractivity contribution in [2.45, 2.75) is 12.5 Å².